The van der Waals surface area contributed by atoms with Gasteiger partial charge in [0.1, 0.15) is 0 Å². The lowest BCUT2D eigenvalue weighted by molar-refractivity contribution is 0.508. The molecular formula is C13H20N2. The summed E-state index contributed by atoms with van der Waals surface area (Å²) in [6.45, 7) is 0.800. The number of hydrogen-bond donors (Lipinski definition) is 2. The van der Waals surface area contributed by atoms with Gasteiger partial charge >= 0.3 is 0 Å². The van der Waals surface area contributed by atoms with Crippen LogP contribution in [0.25, 0.3) is 0 Å². The highest BCUT2D eigenvalue weighted by Crippen LogP contribution is 2.35. The molecule has 2 nitrogen and oxygen atoms in total. The van der Waals surface area contributed by atoms with Gasteiger partial charge in [0.15, 0.2) is 0 Å². The maximum absolute atomic E-state index is 5.85. The summed E-state index contributed by atoms with van der Waals surface area (Å²) in [4.78, 5) is 0. The smallest absolute Gasteiger partial charge is 0.0317 e. The maximum Gasteiger partial charge on any atom is 0.0317 e. The summed E-state index contributed by atoms with van der Waals surface area (Å²) in [5, 5.41) is 0. The van der Waals surface area contributed by atoms with E-state index < -0.39 is 0 Å². The lowest BCUT2D eigenvalue weighted by Crippen LogP contribution is -2.12. The van der Waals surface area contributed by atoms with E-state index in [1.165, 1.54) is 36.8 Å². The van der Waals surface area contributed by atoms with Gasteiger partial charge in [-0.3, -0.25) is 0 Å². The van der Waals surface area contributed by atoms with Crippen LogP contribution in [0.4, 0.5) is 5.69 Å². The third kappa shape index (κ3) is 2.32. The van der Waals surface area contributed by atoms with Crippen molar-refractivity contribution in [1.29, 1.82) is 0 Å². The molecule has 1 aliphatic rings. The topological polar surface area (TPSA) is 52.0 Å². The van der Waals surface area contributed by atoms with Crippen LogP contribution < -0.4 is 11.5 Å². The molecule has 1 atom stereocenters. The molecule has 0 fully saturated rings. The summed E-state index contributed by atoms with van der Waals surface area (Å²) >= 11 is 0. The lowest BCUT2D eigenvalue weighted by atomic mass is 9.80. The van der Waals surface area contributed by atoms with Crippen LogP contribution >= 0.6 is 0 Å². The molecule has 0 aliphatic heterocycles. The molecule has 0 heterocycles. The zero-order valence-corrected chi connectivity index (χ0v) is 9.21. The lowest BCUT2D eigenvalue weighted by Gasteiger charge is -2.25. The van der Waals surface area contributed by atoms with E-state index in [9.17, 15) is 0 Å². The number of nitrogen functional groups attached to an aromatic ring is 1. The van der Waals surface area contributed by atoms with Gasteiger partial charge in [0.25, 0.3) is 0 Å². The Bertz CT molecular complexity index is 333. The molecule has 0 bridgehead atoms. The Morgan fingerprint density at radius 1 is 1.33 bits per heavy atom. The molecular weight excluding hydrogens is 184 g/mol. The fraction of sp³-hybridized carbons (Fsp3) is 0.538. The van der Waals surface area contributed by atoms with Crippen LogP contribution in [-0.2, 0) is 6.42 Å². The van der Waals surface area contributed by atoms with Gasteiger partial charge in [-0.2, -0.15) is 0 Å². The monoisotopic (exact) mass is 204 g/mol. The van der Waals surface area contributed by atoms with E-state index >= 15 is 0 Å². The normalized spacial score (nSPS) is 19.9. The molecule has 0 saturated carbocycles. The zero-order chi connectivity index (χ0) is 10.7. The van der Waals surface area contributed by atoms with Gasteiger partial charge in [0, 0.05) is 5.69 Å². The van der Waals surface area contributed by atoms with Crippen LogP contribution in [0.2, 0.25) is 0 Å². The molecule has 0 radical (unpaired) electrons. The van der Waals surface area contributed by atoms with E-state index in [0.29, 0.717) is 5.92 Å². The average molecular weight is 204 g/mol. The van der Waals surface area contributed by atoms with E-state index in [2.05, 4.69) is 12.1 Å². The Kier molecular flexibility index (Phi) is 3.27. The number of nitrogens with two attached hydrogens (primary N) is 2. The highest BCUT2D eigenvalue weighted by molar-refractivity contribution is 5.47. The van der Waals surface area contributed by atoms with Crippen molar-refractivity contribution in [1.82, 2.24) is 0 Å². The second kappa shape index (κ2) is 4.67. The van der Waals surface area contributed by atoms with Crippen LogP contribution in [0.3, 0.4) is 0 Å². The predicted molar refractivity (Wildman–Crippen MR) is 64.8 cm³/mol. The highest BCUT2D eigenvalue weighted by atomic mass is 14.5. The van der Waals surface area contributed by atoms with Gasteiger partial charge in [-0.1, -0.05) is 6.07 Å². The van der Waals surface area contributed by atoms with Crippen LogP contribution in [0.5, 0.6) is 0 Å². The first-order valence-electron chi connectivity index (χ1n) is 5.89. The van der Waals surface area contributed by atoms with Crippen molar-refractivity contribution in [2.75, 3.05) is 12.3 Å². The number of hydrogen-bond acceptors (Lipinski definition) is 2. The van der Waals surface area contributed by atoms with Gasteiger partial charge in [-0.15, -0.1) is 0 Å². The first kappa shape index (κ1) is 10.5. The fourth-order valence-electron chi connectivity index (χ4n) is 2.58. The Balaban J connectivity index is 2.20. The first-order valence-corrected chi connectivity index (χ1v) is 5.89. The van der Waals surface area contributed by atoms with Gasteiger partial charge < -0.3 is 11.5 Å². The van der Waals surface area contributed by atoms with Crippen molar-refractivity contribution < 1.29 is 0 Å². The summed E-state index contributed by atoms with van der Waals surface area (Å²) < 4.78 is 0. The molecule has 0 aromatic heterocycles. The molecule has 15 heavy (non-hydrogen) atoms. The molecule has 2 rings (SSSR count). The van der Waals surface area contributed by atoms with Crippen molar-refractivity contribution in [2.24, 2.45) is 5.73 Å². The van der Waals surface area contributed by atoms with Crippen molar-refractivity contribution in [3.63, 3.8) is 0 Å². The Hall–Kier alpha value is -1.02. The Morgan fingerprint density at radius 3 is 3.00 bits per heavy atom. The fourth-order valence-corrected chi connectivity index (χ4v) is 2.58. The van der Waals surface area contributed by atoms with Gasteiger partial charge in [-0.05, 0) is 67.8 Å². The van der Waals surface area contributed by atoms with Crippen molar-refractivity contribution in [3.8, 4) is 0 Å². The number of fused-ring (bicyclic) bond motifs is 1. The van der Waals surface area contributed by atoms with E-state index in [1.807, 2.05) is 6.07 Å². The predicted octanol–water partition coefficient (Wildman–Crippen LogP) is 2.43. The number of rotatable bonds is 3. The summed E-state index contributed by atoms with van der Waals surface area (Å²) in [6.07, 6.45) is 6.17. The number of aryl methyl sites for hydroxylation is 1. The number of benzene rings is 1. The number of anilines is 1. The van der Waals surface area contributed by atoms with E-state index in [0.717, 1.165) is 18.7 Å². The second-order valence-electron chi connectivity index (χ2n) is 4.48. The maximum atomic E-state index is 5.85. The first-order chi connectivity index (χ1) is 7.31. The third-order valence-corrected chi connectivity index (χ3v) is 3.37. The van der Waals surface area contributed by atoms with E-state index in [4.69, 9.17) is 11.5 Å². The molecule has 4 N–H and O–H groups in total. The van der Waals surface area contributed by atoms with Crippen molar-refractivity contribution in [2.45, 2.75) is 38.0 Å². The molecule has 1 aromatic rings. The average Bonchev–Trinajstić information content (AvgIpc) is 2.26. The van der Waals surface area contributed by atoms with Crippen molar-refractivity contribution in [3.05, 3.63) is 29.3 Å². The van der Waals surface area contributed by atoms with Crippen LogP contribution in [-0.4, -0.2) is 6.54 Å². The molecule has 0 spiro atoms. The SMILES string of the molecule is NCCC[C@H]1CCCc2ccc(N)cc21. The van der Waals surface area contributed by atoms with Crippen LogP contribution in [0.1, 0.15) is 42.7 Å². The van der Waals surface area contributed by atoms with E-state index in [-0.39, 0.29) is 0 Å². The van der Waals surface area contributed by atoms with Crippen molar-refractivity contribution >= 4 is 5.69 Å². The molecule has 82 valence electrons. The molecule has 0 amide bonds. The largest absolute Gasteiger partial charge is 0.399 e. The second-order valence-corrected chi connectivity index (χ2v) is 4.48. The van der Waals surface area contributed by atoms with Gasteiger partial charge in [0.05, 0.1) is 0 Å². The Morgan fingerprint density at radius 2 is 2.20 bits per heavy atom. The molecule has 2 heteroatoms. The van der Waals surface area contributed by atoms with Crippen LogP contribution in [0, 0.1) is 0 Å². The Labute approximate surface area is 91.7 Å². The molecule has 0 saturated heterocycles. The van der Waals surface area contributed by atoms with E-state index in [1.54, 1.807) is 0 Å². The third-order valence-electron chi connectivity index (χ3n) is 3.37. The van der Waals surface area contributed by atoms with Crippen LogP contribution in [0.15, 0.2) is 18.2 Å². The molecule has 0 unspecified atom stereocenters. The summed E-state index contributed by atoms with van der Waals surface area (Å²) in [5.74, 6) is 0.695. The minimum absolute atomic E-state index is 0.695. The standard InChI is InChI=1S/C13H20N2/c14-8-2-5-10-3-1-4-11-6-7-12(15)9-13(10)11/h6-7,9-10H,1-5,8,14-15H2/t10-/m1/s1. The summed E-state index contributed by atoms with van der Waals surface area (Å²) in [5.41, 5.74) is 15.3. The summed E-state index contributed by atoms with van der Waals surface area (Å²) in [6, 6.07) is 6.37. The minimum Gasteiger partial charge on any atom is -0.399 e. The van der Waals surface area contributed by atoms with Gasteiger partial charge in [0.2, 0.25) is 0 Å². The minimum atomic E-state index is 0.695. The molecule has 1 aromatic carbocycles. The summed E-state index contributed by atoms with van der Waals surface area (Å²) in [7, 11) is 0. The quantitative estimate of drug-likeness (QED) is 0.743. The van der Waals surface area contributed by atoms with Gasteiger partial charge in [-0.25, -0.2) is 0 Å². The zero-order valence-electron chi connectivity index (χ0n) is 9.21. The highest BCUT2D eigenvalue weighted by Gasteiger charge is 2.19. The molecule has 1 aliphatic carbocycles.